The topological polar surface area (TPSA) is 50.2 Å². The minimum Gasteiger partial charge on any atom is -0.340 e. The Balaban J connectivity index is 0.00000180. The maximum Gasteiger partial charge on any atom is 0.244 e. The van der Waals surface area contributed by atoms with E-state index in [-0.39, 0.29) is 30.7 Å². The van der Waals surface area contributed by atoms with Crippen molar-refractivity contribution in [2.75, 3.05) is 20.1 Å². The molecule has 1 fully saturated rings. The van der Waals surface area contributed by atoms with Crippen LogP contribution in [0.5, 0.6) is 0 Å². The summed E-state index contributed by atoms with van der Waals surface area (Å²) in [5.41, 5.74) is 2.01. The molecule has 1 aromatic rings. The molecule has 1 aromatic heterocycles. The smallest absolute Gasteiger partial charge is 0.244 e. The molecule has 1 unspecified atom stereocenters. The van der Waals surface area contributed by atoms with Crippen molar-refractivity contribution >= 4 is 30.7 Å². The van der Waals surface area contributed by atoms with Crippen molar-refractivity contribution in [2.45, 2.75) is 39.3 Å². The van der Waals surface area contributed by atoms with Crippen LogP contribution in [0.2, 0.25) is 0 Å². The molecule has 2 rings (SSSR count). The molecular formula is C13H24Cl2N4O. The minimum atomic E-state index is 0. The van der Waals surface area contributed by atoms with Crippen LogP contribution in [0.4, 0.5) is 0 Å². The molecule has 0 radical (unpaired) electrons. The summed E-state index contributed by atoms with van der Waals surface area (Å²) in [4.78, 5) is 14.2. The van der Waals surface area contributed by atoms with Gasteiger partial charge in [0.05, 0.1) is 5.69 Å². The molecule has 116 valence electrons. The van der Waals surface area contributed by atoms with Gasteiger partial charge in [0, 0.05) is 24.8 Å². The standard InChI is InChI=1S/C13H22N4O.2ClH/c1-10-7-11(2)17(15-10)9-13(18)16-6-4-5-12(8-16)14-3;;/h7,12,14H,4-6,8-9H2,1-3H3;2*1H. The van der Waals surface area contributed by atoms with Gasteiger partial charge in [0.15, 0.2) is 0 Å². The molecule has 1 aliphatic heterocycles. The number of likely N-dealkylation sites (N-methyl/N-ethyl adjacent to an activating group) is 1. The van der Waals surface area contributed by atoms with Gasteiger partial charge in [-0.1, -0.05) is 0 Å². The van der Waals surface area contributed by atoms with Crippen LogP contribution >= 0.6 is 24.8 Å². The fraction of sp³-hybridized carbons (Fsp3) is 0.692. The molecule has 1 aliphatic rings. The third-order valence-electron chi connectivity index (χ3n) is 3.57. The van der Waals surface area contributed by atoms with E-state index >= 15 is 0 Å². The van der Waals surface area contributed by atoms with Gasteiger partial charge in [-0.05, 0) is 39.8 Å². The van der Waals surface area contributed by atoms with Gasteiger partial charge in [0.25, 0.3) is 0 Å². The highest BCUT2D eigenvalue weighted by Gasteiger charge is 2.23. The highest BCUT2D eigenvalue weighted by molar-refractivity contribution is 5.85. The van der Waals surface area contributed by atoms with Crippen LogP contribution in [0, 0.1) is 13.8 Å². The summed E-state index contributed by atoms with van der Waals surface area (Å²) >= 11 is 0. The lowest BCUT2D eigenvalue weighted by atomic mass is 10.1. The summed E-state index contributed by atoms with van der Waals surface area (Å²) in [5.74, 6) is 0.168. The normalized spacial score (nSPS) is 18.1. The average molecular weight is 323 g/mol. The lowest BCUT2D eigenvalue weighted by molar-refractivity contribution is -0.133. The molecule has 2 heterocycles. The predicted molar refractivity (Wildman–Crippen MR) is 84.9 cm³/mol. The Kier molecular flexibility index (Phi) is 8.16. The number of nitrogens with zero attached hydrogens (tertiary/aromatic N) is 3. The van der Waals surface area contributed by atoms with Crippen LogP contribution in [-0.4, -0.2) is 46.8 Å². The average Bonchev–Trinajstić information content (AvgIpc) is 2.68. The van der Waals surface area contributed by atoms with E-state index in [0.717, 1.165) is 37.3 Å². The van der Waals surface area contributed by atoms with E-state index < -0.39 is 0 Å². The molecular weight excluding hydrogens is 299 g/mol. The van der Waals surface area contributed by atoms with Crippen molar-refractivity contribution in [3.63, 3.8) is 0 Å². The van der Waals surface area contributed by atoms with Crippen molar-refractivity contribution in [1.82, 2.24) is 20.0 Å². The number of piperidine rings is 1. The zero-order chi connectivity index (χ0) is 13.1. The molecule has 1 atom stereocenters. The van der Waals surface area contributed by atoms with Gasteiger partial charge in [-0.15, -0.1) is 24.8 Å². The van der Waals surface area contributed by atoms with E-state index in [1.807, 2.05) is 31.9 Å². The van der Waals surface area contributed by atoms with Crippen molar-refractivity contribution in [2.24, 2.45) is 0 Å². The SMILES string of the molecule is CNC1CCCN(C(=O)Cn2nc(C)cc2C)C1.Cl.Cl. The van der Waals surface area contributed by atoms with E-state index in [1.54, 1.807) is 4.68 Å². The minimum absolute atomic E-state index is 0. The van der Waals surface area contributed by atoms with Crippen molar-refractivity contribution in [3.8, 4) is 0 Å². The summed E-state index contributed by atoms with van der Waals surface area (Å²) in [7, 11) is 1.96. The Morgan fingerprint density at radius 3 is 2.70 bits per heavy atom. The van der Waals surface area contributed by atoms with Crippen LogP contribution in [0.1, 0.15) is 24.2 Å². The molecule has 1 amide bonds. The van der Waals surface area contributed by atoms with Gasteiger partial charge in [-0.25, -0.2) is 0 Å². The largest absolute Gasteiger partial charge is 0.340 e. The lowest BCUT2D eigenvalue weighted by Gasteiger charge is -2.32. The third kappa shape index (κ3) is 4.65. The maximum absolute atomic E-state index is 12.2. The van der Waals surface area contributed by atoms with E-state index in [4.69, 9.17) is 0 Å². The Labute approximate surface area is 132 Å². The second kappa shape index (κ2) is 8.49. The molecule has 0 aromatic carbocycles. The quantitative estimate of drug-likeness (QED) is 0.918. The Hall–Kier alpha value is -0.780. The zero-order valence-electron chi connectivity index (χ0n) is 12.3. The second-order valence-electron chi connectivity index (χ2n) is 5.05. The molecule has 7 heteroatoms. The first kappa shape index (κ1) is 19.2. The van der Waals surface area contributed by atoms with Crippen LogP contribution < -0.4 is 5.32 Å². The van der Waals surface area contributed by atoms with Gasteiger partial charge in [-0.2, -0.15) is 5.10 Å². The van der Waals surface area contributed by atoms with Crippen molar-refractivity contribution in [1.29, 1.82) is 0 Å². The fourth-order valence-corrected chi connectivity index (χ4v) is 2.50. The maximum atomic E-state index is 12.2. The monoisotopic (exact) mass is 322 g/mol. The fourth-order valence-electron chi connectivity index (χ4n) is 2.50. The summed E-state index contributed by atoms with van der Waals surface area (Å²) in [6.45, 7) is 5.98. The lowest BCUT2D eigenvalue weighted by Crippen LogP contribution is -2.48. The van der Waals surface area contributed by atoms with Crippen molar-refractivity contribution < 1.29 is 4.79 Å². The first-order valence-electron chi connectivity index (χ1n) is 6.56. The van der Waals surface area contributed by atoms with Gasteiger partial charge in [-0.3, -0.25) is 9.48 Å². The Morgan fingerprint density at radius 1 is 1.45 bits per heavy atom. The van der Waals surface area contributed by atoms with Crippen LogP contribution in [0.3, 0.4) is 0 Å². The van der Waals surface area contributed by atoms with E-state index in [1.165, 1.54) is 0 Å². The molecule has 1 saturated heterocycles. The first-order chi connectivity index (χ1) is 8.60. The number of hydrogen-bond acceptors (Lipinski definition) is 3. The van der Waals surface area contributed by atoms with Crippen molar-refractivity contribution in [3.05, 3.63) is 17.5 Å². The predicted octanol–water partition coefficient (Wildman–Crippen LogP) is 1.55. The molecule has 20 heavy (non-hydrogen) atoms. The number of nitrogens with one attached hydrogen (secondary N) is 1. The number of aromatic nitrogens is 2. The number of carbonyl (C=O) groups is 1. The number of likely N-dealkylation sites (tertiary alicyclic amines) is 1. The van der Waals surface area contributed by atoms with E-state index in [2.05, 4.69) is 10.4 Å². The molecule has 0 bridgehead atoms. The van der Waals surface area contributed by atoms with Gasteiger partial charge >= 0.3 is 0 Å². The third-order valence-corrected chi connectivity index (χ3v) is 3.57. The number of amides is 1. The van der Waals surface area contributed by atoms with Gasteiger partial charge in [0.2, 0.25) is 5.91 Å². The first-order valence-corrected chi connectivity index (χ1v) is 6.56. The number of rotatable bonds is 3. The van der Waals surface area contributed by atoms with E-state index in [0.29, 0.717) is 12.6 Å². The molecule has 0 aliphatic carbocycles. The number of hydrogen-bond donors (Lipinski definition) is 1. The highest BCUT2D eigenvalue weighted by atomic mass is 35.5. The second-order valence-corrected chi connectivity index (χ2v) is 5.05. The molecule has 5 nitrogen and oxygen atoms in total. The van der Waals surface area contributed by atoms with Gasteiger partial charge in [0.1, 0.15) is 6.54 Å². The molecule has 0 spiro atoms. The summed E-state index contributed by atoms with van der Waals surface area (Å²) in [6, 6.07) is 2.43. The van der Waals surface area contributed by atoms with Crippen LogP contribution in [0.15, 0.2) is 6.07 Å². The summed E-state index contributed by atoms with van der Waals surface area (Å²) in [6.07, 6.45) is 2.23. The van der Waals surface area contributed by atoms with E-state index in [9.17, 15) is 4.79 Å². The zero-order valence-corrected chi connectivity index (χ0v) is 13.9. The molecule has 0 saturated carbocycles. The van der Waals surface area contributed by atoms with Crippen LogP contribution in [-0.2, 0) is 11.3 Å². The van der Waals surface area contributed by atoms with Crippen LogP contribution in [0.25, 0.3) is 0 Å². The number of carbonyl (C=O) groups excluding carboxylic acids is 1. The van der Waals surface area contributed by atoms with Gasteiger partial charge < -0.3 is 10.2 Å². The number of halogens is 2. The Bertz CT molecular complexity index is 436. The summed E-state index contributed by atoms with van der Waals surface area (Å²) < 4.78 is 1.79. The summed E-state index contributed by atoms with van der Waals surface area (Å²) in [5, 5.41) is 7.59. The number of aryl methyl sites for hydroxylation is 2. The highest BCUT2D eigenvalue weighted by Crippen LogP contribution is 2.11. The Morgan fingerprint density at radius 2 is 2.15 bits per heavy atom. The molecule has 1 N–H and O–H groups in total.